The molecule has 104 valence electrons. The fraction of sp³-hybridized carbons (Fsp3) is 0.0909. The monoisotopic (exact) mass is 295 g/mol. The lowest BCUT2D eigenvalue weighted by Crippen LogP contribution is -2.33. The molecule has 2 heterocycles. The van der Waals surface area contributed by atoms with E-state index >= 15 is 0 Å². The third-order valence-corrected chi connectivity index (χ3v) is 3.22. The van der Waals surface area contributed by atoms with Gasteiger partial charge in [-0.15, -0.1) is 11.3 Å². The van der Waals surface area contributed by atoms with E-state index < -0.39 is 35.3 Å². The van der Waals surface area contributed by atoms with Crippen LogP contribution in [0, 0.1) is 0 Å². The van der Waals surface area contributed by atoms with E-state index in [0.29, 0.717) is 4.88 Å². The van der Waals surface area contributed by atoms with Crippen LogP contribution in [-0.4, -0.2) is 38.8 Å². The predicted molar refractivity (Wildman–Crippen MR) is 69.8 cm³/mol. The van der Waals surface area contributed by atoms with Gasteiger partial charge in [-0.1, -0.05) is 6.07 Å². The van der Waals surface area contributed by atoms with E-state index in [4.69, 9.17) is 5.11 Å². The number of carbonyl (C=O) groups excluding carboxylic acids is 1. The van der Waals surface area contributed by atoms with Crippen LogP contribution >= 0.6 is 11.3 Å². The van der Waals surface area contributed by atoms with Gasteiger partial charge in [0.25, 0.3) is 11.5 Å². The Morgan fingerprint density at radius 1 is 1.45 bits per heavy atom. The Bertz CT molecular complexity index is 707. The minimum absolute atomic E-state index is 0.0556. The van der Waals surface area contributed by atoms with E-state index in [-0.39, 0.29) is 5.69 Å². The Hall–Kier alpha value is -2.68. The molecule has 0 fully saturated rings. The smallest absolute Gasteiger partial charge is 0.322 e. The summed E-state index contributed by atoms with van der Waals surface area (Å²) in [6.45, 7) is -0.658. The molecule has 0 aromatic carbocycles. The second-order valence-electron chi connectivity index (χ2n) is 3.68. The molecule has 20 heavy (non-hydrogen) atoms. The minimum atomic E-state index is -1.26. The van der Waals surface area contributed by atoms with E-state index in [1.54, 1.807) is 17.5 Å². The van der Waals surface area contributed by atoms with Crippen molar-refractivity contribution in [3.8, 4) is 16.3 Å². The predicted octanol–water partition coefficient (Wildman–Crippen LogP) is 0.0184. The Balaban J connectivity index is 2.43. The Kier molecular flexibility index (Phi) is 3.80. The van der Waals surface area contributed by atoms with Crippen molar-refractivity contribution >= 4 is 23.2 Å². The number of carbonyl (C=O) groups is 2. The fourth-order valence-corrected chi connectivity index (χ4v) is 2.20. The molecule has 0 aliphatic rings. The van der Waals surface area contributed by atoms with Gasteiger partial charge in [0, 0.05) is 0 Å². The highest BCUT2D eigenvalue weighted by atomic mass is 32.1. The molecular weight excluding hydrogens is 286 g/mol. The largest absolute Gasteiger partial charge is 0.505 e. The summed E-state index contributed by atoms with van der Waals surface area (Å²) in [6.07, 6.45) is 0. The van der Waals surface area contributed by atoms with E-state index in [0.717, 1.165) is 0 Å². The molecule has 9 heteroatoms. The molecule has 0 bridgehead atoms. The lowest BCUT2D eigenvalue weighted by Gasteiger charge is -2.06. The van der Waals surface area contributed by atoms with Crippen LogP contribution in [0.3, 0.4) is 0 Å². The number of rotatable bonds is 4. The highest BCUT2D eigenvalue weighted by molar-refractivity contribution is 7.13. The number of aromatic amines is 1. The van der Waals surface area contributed by atoms with Crippen molar-refractivity contribution in [3.63, 3.8) is 0 Å². The van der Waals surface area contributed by atoms with Gasteiger partial charge in [0.05, 0.1) is 4.88 Å². The van der Waals surface area contributed by atoms with Crippen LogP contribution in [-0.2, 0) is 4.79 Å². The normalized spacial score (nSPS) is 10.2. The van der Waals surface area contributed by atoms with Crippen LogP contribution in [0.5, 0.6) is 5.75 Å². The number of hydrogen-bond donors (Lipinski definition) is 4. The van der Waals surface area contributed by atoms with Gasteiger partial charge in [0.2, 0.25) is 0 Å². The van der Waals surface area contributed by atoms with Crippen LogP contribution < -0.4 is 10.9 Å². The number of hydrogen-bond acceptors (Lipinski definition) is 6. The lowest BCUT2D eigenvalue weighted by atomic mass is 10.2. The number of carboxylic acids is 1. The summed E-state index contributed by atoms with van der Waals surface area (Å²) in [5.41, 5.74) is -1.41. The van der Waals surface area contributed by atoms with Gasteiger partial charge in [-0.25, -0.2) is 5.10 Å². The lowest BCUT2D eigenvalue weighted by molar-refractivity contribution is -0.135. The summed E-state index contributed by atoms with van der Waals surface area (Å²) < 4.78 is 0. The molecule has 0 spiro atoms. The SMILES string of the molecule is O=C(O)CNC(=O)c1c(O)c(-c2cccs2)n[nH]c1=O. The number of nitrogens with zero attached hydrogens (tertiary/aromatic N) is 1. The molecule has 4 N–H and O–H groups in total. The van der Waals surface area contributed by atoms with Crippen LogP contribution in [0.2, 0.25) is 0 Å². The average Bonchev–Trinajstić information content (AvgIpc) is 2.90. The first-order valence-electron chi connectivity index (χ1n) is 5.36. The highest BCUT2D eigenvalue weighted by Gasteiger charge is 2.21. The standard InChI is InChI=1S/C11H9N3O5S/c15-6(16)4-12-10(18)7-9(17)8(13-14-11(7)19)5-2-1-3-20-5/h1-3H,4H2,(H,12,18)(H,15,16)(H2,14,17,19). The van der Waals surface area contributed by atoms with Crippen LogP contribution in [0.15, 0.2) is 22.3 Å². The summed E-state index contributed by atoms with van der Waals surface area (Å²) in [7, 11) is 0. The Morgan fingerprint density at radius 2 is 2.20 bits per heavy atom. The zero-order valence-corrected chi connectivity index (χ0v) is 10.7. The number of carboxylic acid groups (broad SMARTS) is 1. The van der Waals surface area contributed by atoms with Crippen molar-refractivity contribution < 1.29 is 19.8 Å². The van der Waals surface area contributed by atoms with Gasteiger partial charge in [-0.05, 0) is 11.4 Å². The number of aromatic hydroxyl groups is 1. The summed E-state index contributed by atoms with van der Waals surface area (Å²) in [5, 5.41) is 28.0. The molecule has 0 saturated heterocycles. The molecule has 0 saturated carbocycles. The van der Waals surface area contributed by atoms with Gasteiger partial charge >= 0.3 is 5.97 Å². The maximum absolute atomic E-state index is 11.7. The summed E-state index contributed by atoms with van der Waals surface area (Å²) in [4.78, 5) is 34.2. The van der Waals surface area contributed by atoms with Crippen molar-refractivity contribution in [2.75, 3.05) is 6.54 Å². The van der Waals surface area contributed by atoms with E-state index in [9.17, 15) is 19.5 Å². The first-order chi connectivity index (χ1) is 9.50. The van der Waals surface area contributed by atoms with Gasteiger partial charge in [0.15, 0.2) is 5.75 Å². The minimum Gasteiger partial charge on any atom is -0.505 e. The number of thiophene rings is 1. The molecule has 2 rings (SSSR count). The molecule has 2 aromatic rings. The van der Waals surface area contributed by atoms with Crippen LogP contribution in [0.4, 0.5) is 0 Å². The quantitative estimate of drug-likeness (QED) is 0.628. The van der Waals surface area contributed by atoms with Crippen molar-refractivity contribution in [3.05, 3.63) is 33.4 Å². The number of aromatic nitrogens is 2. The maximum atomic E-state index is 11.7. The van der Waals surface area contributed by atoms with Crippen molar-refractivity contribution in [1.82, 2.24) is 15.5 Å². The summed E-state index contributed by atoms with van der Waals surface area (Å²) in [5.74, 6) is -2.83. The third-order valence-electron chi connectivity index (χ3n) is 2.34. The van der Waals surface area contributed by atoms with Gasteiger partial charge < -0.3 is 15.5 Å². The highest BCUT2D eigenvalue weighted by Crippen LogP contribution is 2.30. The number of aliphatic carboxylic acids is 1. The first kappa shape index (κ1) is 13.7. The van der Waals surface area contributed by atoms with Crippen molar-refractivity contribution in [2.24, 2.45) is 0 Å². The second-order valence-corrected chi connectivity index (χ2v) is 4.63. The van der Waals surface area contributed by atoms with Crippen LogP contribution in [0.1, 0.15) is 10.4 Å². The molecule has 0 aliphatic carbocycles. The van der Waals surface area contributed by atoms with Gasteiger partial charge in [-0.3, -0.25) is 14.4 Å². The Labute approximate surface area is 115 Å². The fourth-order valence-electron chi connectivity index (χ4n) is 1.48. The molecule has 0 aliphatic heterocycles. The van der Waals surface area contributed by atoms with Gasteiger partial charge in [0.1, 0.15) is 17.8 Å². The van der Waals surface area contributed by atoms with Crippen molar-refractivity contribution in [1.29, 1.82) is 0 Å². The molecule has 0 atom stereocenters. The van der Waals surface area contributed by atoms with E-state index in [2.05, 4.69) is 10.2 Å². The maximum Gasteiger partial charge on any atom is 0.322 e. The zero-order valence-electron chi connectivity index (χ0n) is 9.91. The first-order valence-corrected chi connectivity index (χ1v) is 6.24. The summed E-state index contributed by atoms with van der Waals surface area (Å²) in [6, 6.07) is 3.38. The van der Waals surface area contributed by atoms with Gasteiger partial charge in [-0.2, -0.15) is 5.10 Å². The topological polar surface area (TPSA) is 132 Å². The average molecular weight is 295 g/mol. The third kappa shape index (κ3) is 2.67. The second kappa shape index (κ2) is 5.53. The molecule has 2 aromatic heterocycles. The van der Waals surface area contributed by atoms with E-state index in [1.165, 1.54) is 11.3 Å². The Morgan fingerprint density at radius 3 is 2.80 bits per heavy atom. The van der Waals surface area contributed by atoms with Crippen molar-refractivity contribution in [2.45, 2.75) is 0 Å². The zero-order chi connectivity index (χ0) is 14.7. The number of nitrogens with one attached hydrogen (secondary N) is 2. The molecule has 1 amide bonds. The summed E-state index contributed by atoms with van der Waals surface area (Å²) >= 11 is 1.26. The number of amides is 1. The van der Waals surface area contributed by atoms with Crippen LogP contribution in [0.25, 0.3) is 10.6 Å². The van der Waals surface area contributed by atoms with E-state index in [1.807, 2.05) is 5.32 Å². The molecular formula is C11H9N3O5S. The number of H-pyrrole nitrogens is 1. The molecule has 0 unspecified atom stereocenters. The molecule has 8 nitrogen and oxygen atoms in total. The molecule has 0 radical (unpaired) electrons.